The van der Waals surface area contributed by atoms with Crippen molar-refractivity contribution in [3.05, 3.63) is 45.9 Å². The minimum atomic E-state index is -1.18. The summed E-state index contributed by atoms with van der Waals surface area (Å²) in [7, 11) is 0. The summed E-state index contributed by atoms with van der Waals surface area (Å²) in [5.74, 6) is -1.86. The molecule has 0 amide bonds. The molecular weight excluding hydrogens is 270 g/mol. The van der Waals surface area contributed by atoms with Crippen molar-refractivity contribution in [2.75, 3.05) is 0 Å². The van der Waals surface area contributed by atoms with Crippen LogP contribution in [0.15, 0.2) is 28.7 Å². The number of carbonyl (C=O) groups is 1. The number of hydrogen-bond donors (Lipinski definition) is 1. The Morgan fingerprint density at radius 2 is 1.82 bits per heavy atom. The molecule has 2 rings (SSSR count). The highest BCUT2D eigenvalue weighted by atomic mass is 35.5. The van der Waals surface area contributed by atoms with E-state index in [1.807, 2.05) is 0 Å². The van der Waals surface area contributed by atoms with E-state index in [4.69, 9.17) is 32.7 Å². The number of halogens is 3. The predicted octanol–water partition coefficient (Wildman–Crippen LogP) is 4.09. The molecule has 0 aliphatic heterocycles. The zero-order chi connectivity index (χ0) is 12.6. The van der Waals surface area contributed by atoms with E-state index in [9.17, 15) is 9.18 Å². The monoisotopic (exact) mass is 274 g/mol. The van der Waals surface area contributed by atoms with Crippen molar-refractivity contribution in [3.8, 4) is 11.3 Å². The summed E-state index contributed by atoms with van der Waals surface area (Å²) in [6.45, 7) is 0. The van der Waals surface area contributed by atoms with Gasteiger partial charge in [-0.1, -0.05) is 23.2 Å². The van der Waals surface area contributed by atoms with E-state index in [-0.39, 0.29) is 21.6 Å². The second kappa shape index (κ2) is 4.39. The summed E-state index contributed by atoms with van der Waals surface area (Å²) in [6, 6.07) is 5.37. The van der Waals surface area contributed by atoms with Crippen LogP contribution in [0, 0.1) is 5.82 Å². The third-order valence-corrected chi connectivity index (χ3v) is 2.64. The molecule has 0 spiro atoms. The van der Waals surface area contributed by atoms with Gasteiger partial charge in [0.15, 0.2) is 5.82 Å². The number of furan rings is 1. The van der Waals surface area contributed by atoms with Crippen LogP contribution in [0.4, 0.5) is 4.39 Å². The maximum Gasteiger partial charge on any atom is 0.371 e. The first-order valence-electron chi connectivity index (χ1n) is 4.47. The van der Waals surface area contributed by atoms with Gasteiger partial charge in [-0.15, -0.1) is 0 Å². The van der Waals surface area contributed by atoms with Crippen LogP contribution in [0.3, 0.4) is 0 Å². The minimum Gasteiger partial charge on any atom is -0.475 e. The lowest BCUT2D eigenvalue weighted by atomic mass is 10.2. The third kappa shape index (κ3) is 2.28. The van der Waals surface area contributed by atoms with Crippen LogP contribution < -0.4 is 0 Å². The van der Waals surface area contributed by atoms with Crippen molar-refractivity contribution in [1.29, 1.82) is 0 Å². The van der Waals surface area contributed by atoms with Gasteiger partial charge in [0.05, 0.1) is 10.0 Å². The van der Waals surface area contributed by atoms with Gasteiger partial charge in [-0.25, -0.2) is 9.18 Å². The summed E-state index contributed by atoms with van der Waals surface area (Å²) < 4.78 is 18.2. The molecule has 0 fully saturated rings. The lowest BCUT2D eigenvalue weighted by Crippen LogP contribution is -1.91. The van der Waals surface area contributed by atoms with Crippen molar-refractivity contribution in [2.45, 2.75) is 0 Å². The standard InChI is InChI=1S/C11H5Cl2FO3/c12-6-3-5(4-7(13)10(6)14)8-1-2-9(17-8)11(15)16/h1-4H,(H,15,16). The molecule has 3 nitrogen and oxygen atoms in total. The zero-order valence-corrected chi connectivity index (χ0v) is 9.72. The summed E-state index contributed by atoms with van der Waals surface area (Å²) in [6.07, 6.45) is 0. The average Bonchev–Trinajstić information content (AvgIpc) is 2.74. The van der Waals surface area contributed by atoms with E-state index in [0.29, 0.717) is 5.56 Å². The van der Waals surface area contributed by atoms with Gasteiger partial charge < -0.3 is 9.52 Å². The first-order valence-corrected chi connectivity index (χ1v) is 5.22. The smallest absolute Gasteiger partial charge is 0.371 e. The van der Waals surface area contributed by atoms with Crippen molar-refractivity contribution < 1.29 is 18.7 Å². The maximum atomic E-state index is 13.2. The molecule has 0 aliphatic rings. The lowest BCUT2D eigenvalue weighted by molar-refractivity contribution is 0.0663. The van der Waals surface area contributed by atoms with Crippen LogP contribution in [-0.4, -0.2) is 11.1 Å². The van der Waals surface area contributed by atoms with Crippen LogP contribution in [-0.2, 0) is 0 Å². The van der Waals surface area contributed by atoms with Crippen molar-refractivity contribution >= 4 is 29.2 Å². The minimum absolute atomic E-state index is 0.152. The molecule has 1 heterocycles. The molecule has 1 aromatic heterocycles. The van der Waals surface area contributed by atoms with Gasteiger partial charge >= 0.3 is 5.97 Å². The third-order valence-electron chi connectivity index (χ3n) is 2.09. The number of benzene rings is 1. The van der Waals surface area contributed by atoms with Crippen molar-refractivity contribution in [3.63, 3.8) is 0 Å². The fourth-order valence-electron chi connectivity index (χ4n) is 1.31. The Balaban J connectivity index is 2.49. The Bertz CT molecular complexity index is 569. The largest absolute Gasteiger partial charge is 0.475 e. The van der Waals surface area contributed by atoms with E-state index in [1.54, 1.807) is 0 Å². The first kappa shape index (κ1) is 12.0. The lowest BCUT2D eigenvalue weighted by Gasteiger charge is -2.01. The van der Waals surface area contributed by atoms with Crippen LogP contribution in [0.5, 0.6) is 0 Å². The number of carboxylic acids is 1. The molecule has 0 radical (unpaired) electrons. The number of hydrogen-bond acceptors (Lipinski definition) is 2. The molecule has 1 aromatic carbocycles. The molecular formula is C11H5Cl2FO3. The Labute approximate surface area is 105 Å². The maximum absolute atomic E-state index is 13.2. The quantitative estimate of drug-likeness (QED) is 0.840. The normalized spacial score (nSPS) is 10.5. The molecule has 1 N–H and O–H groups in total. The van der Waals surface area contributed by atoms with Crippen LogP contribution in [0.2, 0.25) is 10.0 Å². The molecule has 88 valence electrons. The molecule has 0 bridgehead atoms. The number of rotatable bonds is 2. The van der Waals surface area contributed by atoms with Gasteiger partial charge in [-0.05, 0) is 24.3 Å². The van der Waals surface area contributed by atoms with E-state index < -0.39 is 11.8 Å². The average molecular weight is 275 g/mol. The number of aromatic carboxylic acids is 1. The van der Waals surface area contributed by atoms with Crippen LogP contribution in [0.25, 0.3) is 11.3 Å². The SMILES string of the molecule is O=C(O)c1ccc(-c2cc(Cl)c(F)c(Cl)c2)o1. The molecule has 0 aliphatic carbocycles. The van der Waals surface area contributed by atoms with Gasteiger partial charge in [-0.2, -0.15) is 0 Å². The Morgan fingerprint density at radius 1 is 1.24 bits per heavy atom. The fourth-order valence-corrected chi connectivity index (χ4v) is 1.79. The predicted molar refractivity (Wildman–Crippen MR) is 61.1 cm³/mol. The highest BCUT2D eigenvalue weighted by Gasteiger charge is 2.13. The highest BCUT2D eigenvalue weighted by molar-refractivity contribution is 6.35. The van der Waals surface area contributed by atoms with E-state index in [2.05, 4.69) is 0 Å². The van der Waals surface area contributed by atoms with E-state index in [1.165, 1.54) is 24.3 Å². The molecule has 0 saturated carbocycles. The second-order valence-electron chi connectivity index (χ2n) is 3.22. The molecule has 0 saturated heterocycles. The highest BCUT2D eigenvalue weighted by Crippen LogP contribution is 2.31. The summed E-state index contributed by atoms with van der Waals surface area (Å²) >= 11 is 11.2. The topological polar surface area (TPSA) is 50.4 Å². The molecule has 0 atom stereocenters. The van der Waals surface area contributed by atoms with Crippen LogP contribution in [0.1, 0.15) is 10.6 Å². The molecule has 2 aromatic rings. The van der Waals surface area contributed by atoms with Gasteiger partial charge in [0.2, 0.25) is 5.76 Å². The second-order valence-corrected chi connectivity index (χ2v) is 4.04. The molecule has 6 heteroatoms. The summed E-state index contributed by atoms with van der Waals surface area (Å²) in [4.78, 5) is 10.6. The zero-order valence-electron chi connectivity index (χ0n) is 8.21. The summed E-state index contributed by atoms with van der Waals surface area (Å²) in [5.41, 5.74) is 0.411. The molecule has 0 unspecified atom stereocenters. The van der Waals surface area contributed by atoms with Crippen molar-refractivity contribution in [2.24, 2.45) is 0 Å². The van der Waals surface area contributed by atoms with Gasteiger partial charge in [0.25, 0.3) is 0 Å². The van der Waals surface area contributed by atoms with Gasteiger partial charge in [0, 0.05) is 5.56 Å². The van der Waals surface area contributed by atoms with E-state index in [0.717, 1.165) is 0 Å². The summed E-state index contributed by atoms with van der Waals surface area (Å²) in [5, 5.41) is 8.39. The fraction of sp³-hybridized carbons (Fsp3) is 0. The Hall–Kier alpha value is -1.52. The van der Waals surface area contributed by atoms with Gasteiger partial charge in [0.1, 0.15) is 5.76 Å². The van der Waals surface area contributed by atoms with Crippen molar-refractivity contribution in [1.82, 2.24) is 0 Å². The van der Waals surface area contributed by atoms with Gasteiger partial charge in [-0.3, -0.25) is 0 Å². The number of carboxylic acid groups (broad SMARTS) is 1. The molecule has 17 heavy (non-hydrogen) atoms. The van der Waals surface area contributed by atoms with E-state index >= 15 is 0 Å². The van der Waals surface area contributed by atoms with Crippen LogP contribution >= 0.6 is 23.2 Å². The Kier molecular flexibility index (Phi) is 3.09. The Morgan fingerprint density at radius 3 is 2.29 bits per heavy atom. The first-order chi connectivity index (χ1) is 7.99.